The fourth-order valence-corrected chi connectivity index (χ4v) is 5.06. The summed E-state index contributed by atoms with van der Waals surface area (Å²) in [5.41, 5.74) is 3.16. The summed E-state index contributed by atoms with van der Waals surface area (Å²) >= 11 is 7.17. The molecule has 3 amide bonds. The number of benzene rings is 3. The maximum absolute atomic E-state index is 13.0. The third-order valence-corrected chi connectivity index (χ3v) is 7.31. The summed E-state index contributed by atoms with van der Waals surface area (Å²) in [7, 11) is 0. The first-order valence-corrected chi connectivity index (χ1v) is 14.2. The second-order valence-corrected chi connectivity index (χ2v) is 10.9. The Balaban J connectivity index is 1.35. The van der Waals surface area contributed by atoms with Crippen LogP contribution in [0.25, 0.3) is 0 Å². The number of amides is 3. The molecule has 1 heterocycles. The monoisotopic (exact) mass is 574 g/mol. The van der Waals surface area contributed by atoms with E-state index in [1.807, 2.05) is 74.5 Å². The van der Waals surface area contributed by atoms with Crippen molar-refractivity contribution in [2.75, 3.05) is 11.9 Å². The van der Waals surface area contributed by atoms with Crippen molar-refractivity contribution in [2.45, 2.75) is 38.8 Å². The number of carbonyl (C=O) groups excluding carboxylic acids is 3. The van der Waals surface area contributed by atoms with Gasteiger partial charge in [-0.15, -0.1) is 11.3 Å². The molecule has 0 bridgehead atoms. The third-order valence-electron chi connectivity index (χ3n) is 6.25. The van der Waals surface area contributed by atoms with E-state index in [1.165, 1.54) is 16.2 Å². The molecule has 0 saturated heterocycles. The average molecular weight is 575 g/mol. The van der Waals surface area contributed by atoms with Crippen molar-refractivity contribution in [3.05, 3.63) is 118 Å². The van der Waals surface area contributed by atoms with E-state index >= 15 is 0 Å². The van der Waals surface area contributed by atoms with Crippen LogP contribution in [-0.4, -0.2) is 40.2 Å². The van der Waals surface area contributed by atoms with Crippen LogP contribution in [0.5, 0.6) is 0 Å². The predicted octanol–water partition coefficient (Wildman–Crippen LogP) is 5.93. The van der Waals surface area contributed by atoms with Gasteiger partial charge < -0.3 is 15.5 Å². The Morgan fingerprint density at radius 3 is 2.20 bits per heavy atom. The standard InChI is InChI=1S/C31H31ClN4O3S/c1-21(2)36(30(39)24-13-15-25(32)16-14-24)19-29(38)35-31-33-26(20-40-31)18-28(37)34-27(23-11-7-4-8-12-23)17-22-9-5-3-6-10-22/h3-16,20-21,27H,17-19H2,1-2H3,(H,34,37)(H,33,35,38). The van der Waals surface area contributed by atoms with Gasteiger partial charge in [-0.1, -0.05) is 72.3 Å². The number of rotatable bonds is 11. The van der Waals surface area contributed by atoms with Crippen LogP contribution in [0.3, 0.4) is 0 Å². The molecule has 0 fully saturated rings. The topological polar surface area (TPSA) is 91.4 Å². The van der Waals surface area contributed by atoms with Crippen molar-refractivity contribution in [3.8, 4) is 0 Å². The first-order chi connectivity index (χ1) is 19.3. The minimum atomic E-state index is -0.367. The zero-order valence-electron chi connectivity index (χ0n) is 22.3. The summed E-state index contributed by atoms with van der Waals surface area (Å²) in [6.45, 7) is 3.57. The molecular weight excluding hydrogens is 544 g/mol. The number of thiazole rings is 1. The number of carbonyl (C=O) groups is 3. The molecule has 0 aliphatic carbocycles. The highest BCUT2D eigenvalue weighted by atomic mass is 35.5. The Hall–Kier alpha value is -4.01. The Bertz CT molecular complexity index is 1430. The highest BCUT2D eigenvalue weighted by Crippen LogP contribution is 2.20. The lowest BCUT2D eigenvalue weighted by molar-refractivity contribution is -0.121. The van der Waals surface area contributed by atoms with Crippen molar-refractivity contribution in [1.82, 2.24) is 15.2 Å². The highest BCUT2D eigenvalue weighted by Gasteiger charge is 2.22. The number of halogens is 1. The summed E-state index contributed by atoms with van der Waals surface area (Å²) in [6.07, 6.45) is 0.744. The van der Waals surface area contributed by atoms with Crippen LogP contribution < -0.4 is 10.6 Å². The highest BCUT2D eigenvalue weighted by molar-refractivity contribution is 7.13. The number of hydrogen-bond donors (Lipinski definition) is 2. The molecule has 4 aromatic rings. The van der Waals surface area contributed by atoms with Gasteiger partial charge in [0.15, 0.2) is 5.13 Å². The third kappa shape index (κ3) is 8.24. The quantitative estimate of drug-likeness (QED) is 0.232. The molecule has 0 saturated carbocycles. The number of aromatic nitrogens is 1. The number of anilines is 1. The van der Waals surface area contributed by atoms with E-state index in [9.17, 15) is 14.4 Å². The van der Waals surface area contributed by atoms with Crippen LogP contribution in [0.2, 0.25) is 5.02 Å². The van der Waals surface area contributed by atoms with Crippen molar-refractivity contribution in [2.24, 2.45) is 0 Å². The Kier molecular flexibility index (Phi) is 10.0. The lowest BCUT2D eigenvalue weighted by Crippen LogP contribution is -2.42. The first kappa shape index (κ1) is 29.0. The fraction of sp³-hybridized carbons (Fsp3) is 0.226. The van der Waals surface area contributed by atoms with Gasteiger partial charge in [-0.3, -0.25) is 14.4 Å². The normalized spacial score (nSPS) is 11.6. The molecular formula is C31H31ClN4O3S. The van der Waals surface area contributed by atoms with E-state index in [2.05, 4.69) is 15.6 Å². The second kappa shape index (κ2) is 13.9. The lowest BCUT2D eigenvalue weighted by atomic mass is 9.98. The summed E-state index contributed by atoms with van der Waals surface area (Å²) in [4.78, 5) is 44.6. The summed E-state index contributed by atoms with van der Waals surface area (Å²) < 4.78 is 0. The van der Waals surface area contributed by atoms with Crippen molar-refractivity contribution in [3.63, 3.8) is 0 Å². The smallest absolute Gasteiger partial charge is 0.254 e. The van der Waals surface area contributed by atoms with Gasteiger partial charge >= 0.3 is 0 Å². The first-order valence-electron chi connectivity index (χ1n) is 13.0. The molecule has 1 atom stereocenters. The Morgan fingerprint density at radius 1 is 0.900 bits per heavy atom. The molecule has 3 aromatic carbocycles. The fourth-order valence-electron chi connectivity index (χ4n) is 4.20. The van der Waals surface area contributed by atoms with Gasteiger partial charge in [0.1, 0.15) is 6.54 Å². The molecule has 0 spiro atoms. The minimum absolute atomic E-state index is 0.0810. The van der Waals surface area contributed by atoms with Crippen molar-refractivity contribution >= 4 is 45.8 Å². The lowest BCUT2D eigenvalue weighted by Gasteiger charge is -2.26. The number of hydrogen-bond acceptors (Lipinski definition) is 5. The molecule has 0 aliphatic rings. The molecule has 1 unspecified atom stereocenters. The zero-order valence-corrected chi connectivity index (χ0v) is 23.9. The van der Waals surface area contributed by atoms with Gasteiger partial charge in [0.05, 0.1) is 18.2 Å². The zero-order chi connectivity index (χ0) is 28.5. The molecule has 40 heavy (non-hydrogen) atoms. The van der Waals surface area contributed by atoms with Crippen LogP contribution in [0.15, 0.2) is 90.3 Å². The maximum Gasteiger partial charge on any atom is 0.254 e. The molecule has 206 valence electrons. The predicted molar refractivity (Wildman–Crippen MR) is 160 cm³/mol. The van der Waals surface area contributed by atoms with Crippen LogP contribution in [0, 0.1) is 0 Å². The molecule has 0 aliphatic heterocycles. The average Bonchev–Trinajstić information content (AvgIpc) is 3.38. The SMILES string of the molecule is CC(C)N(CC(=O)Nc1nc(CC(=O)NC(Cc2ccccc2)c2ccccc2)cs1)C(=O)c1ccc(Cl)cc1. The van der Waals surface area contributed by atoms with E-state index in [4.69, 9.17) is 11.6 Å². The van der Waals surface area contributed by atoms with E-state index < -0.39 is 0 Å². The second-order valence-electron chi connectivity index (χ2n) is 9.62. The Morgan fingerprint density at radius 2 is 1.55 bits per heavy atom. The van der Waals surface area contributed by atoms with Crippen molar-refractivity contribution in [1.29, 1.82) is 0 Å². The number of nitrogens with one attached hydrogen (secondary N) is 2. The van der Waals surface area contributed by atoms with Gasteiger partial charge in [0, 0.05) is 22.0 Å². The van der Waals surface area contributed by atoms with E-state index in [-0.39, 0.29) is 42.8 Å². The van der Waals surface area contributed by atoms with Crippen LogP contribution in [-0.2, 0) is 22.4 Å². The largest absolute Gasteiger partial charge is 0.349 e. The van der Waals surface area contributed by atoms with Gasteiger partial charge in [-0.2, -0.15) is 0 Å². The van der Waals surface area contributed by atoms with E-state index in [1.54, 1.807) is 29.6 Å². The van der Waals surface area contributed by atoms with Gasteiger partial charge in [-0.25, -0.2) is 4.98 Å². The summed E-state index contributed by atoms with van der Waals surface area (Å²) in [5, 5.41) is 8.55. The van der Waals surface area contributed by atoms with Gasteiger partial charge in [0.25, 0.3) is 5.91 Å². The van der Waals surface area contributed by atoms with Gasteiger partial charge in [0.2, 0.25) is 11.8 Å². The van der Waals surface area contributed by atoms with Crippen LogP contribution in [0.1, 0.15) is 47.1 Å². The molecule has 9 heteroatoms. The summed E-state index contributed by atoms with van der Waals surface area (Å²) in [6, 6.07) is 26.1. The van der Waals surface area contributed by atoms with E-state index in [0.717, 1.165) is 11.1 Å². The maximum atomic E-state index is 13.0. The molecule has 2 N–H and O–H groups in total. The Labute approximate surface area is 243 Å². The van der Waals surface area contributed by atoms with E-state index in [0.29, 0.717) is 27.8 Å². The van der Waals surface area contributed by atoms with Gasteiger partial charge in [-0.05, 0) is 55.7 Å². The summed E-state index contributed by atoms with van der Waals surface area (Å²) in [5.74, 6) is -0.789. The minimum Gasteiger partial charge on any atom is -0.349 e. The number of nitrogens with zero attached hydrogens (tertiary/aromatic N) is 2. The van der Waals surface area contributed by atoms with Crippen LogP contribution in [0.4, 0.5) is 5.13 Å². The molecule has 0 radical (unpaired) electrons. The molecule has 4 rings (SSSR count). The van der Waals surface area contributed by atoms with Crippen LogP contribution >= 0.6 is 22.9 Å². The molecule has 7 nitrogen and oxygen atoms in total. The molecule has 1 aromatic heterocycles. The van der Waals surface area contributed by atoms with Crippen molar-refractivity contribution < 1.29 is 14.4 Å².